The van der Waals surface area contributed by atoms with Crippen LogP contribution in [0.3, 0.4) is 0 Å². The molecule has 0 unspecified atom stereocenters. The Labute approximate surface area is 136 Å². The van der Waals surface area contributed by atoms with Gasteiger partial charge in [0.25, 0.3) is 0 Å². The van der Waals surface area contributed by atoms with Crippen LogP contribution in [0.4, 0.5) is 0 Å². The Morgan fingerprint density at radius 3 is 2.55 bits per heavy atom. The number of pyridine rings is 2. The van der Waals surface area contributed by atoms with E-state index in [1.807, 2.05) is 36.3 Å². The molecule has 0 amide bonds. The highest BCUT2D eigenvalue weighted by Gasteiger charge is 2.18. The molecule has 0 saturated carbocycles. The summed E-state index contributed by atoms with van der Waals surface area (Å²) in [7, 11) is 0. The summed E-state index contributed by atoms with van der Waals surface area (Å²) >= 11 is 1.94. The Hall–Kier alpha value is -1.61. The molecule has 2 heterocycles. The van der Waals surface area contributed by atoms with Crippen LogP contribution in [-0.4, -0.2) is 15.7 Å². The van der Waals surface area contributed by atoms with Crippen LogP contribution in [0.2, 0.25) is 0 Å². The molecule has 0 atom stereocenters. The first-order valence-corrected chi connectivity index (χ1v) is 8.84. The first kappa shape index (κ1) is 15.3. The van der Waals surface area contributed by atoms with Crippen LogP contribution in [-0.2, 0) is 0 Å². The van der Waals surface area contributed by atoms with Crippen molar-refractivity contribution in [2.24, 2.45) is 5.41 Å². The zero-order valence-corrected chi connectivity index (χ0v) is 14.3. The van der Waals surface area contributed by atoms with Crippen molar-refractivity contribution in [2.75, 3.05) is 5.75 Å². The van der Waals surface area contributed by atoms with Gasteiger partial charge in [0.05, 0.1) is 11.0 Å². The first-order valence-electron chi connectivity index (χ1n) is 7.86. The van der Waals surface area contributed by atoms with E-state index in [0.29, 0.717) is 5.41 Å². The van der Waals surface area contributed by atoms with Crippen molar-refractivity contribution in [3.63, 3.8) is 0 Å². The molecular weight excluding hydrogens is 288 g/mol. The molecule has 0 radical (unpaired) electrons. The molecule has 3 aromatic rings. The highest BCUT2D eigenvalue weighted by molar-refractivity contribution is 7.99. The van der Waals surface area contributed by atoms with Gasteiger partial charge in [0, 0.05) is 33.8 Å². The van der Waals surface area contributed by atoms with Crippen LogP contribution in [0.5, 0.6) is 0 Å². The van der Waals surface area contributed by atoms with Crippen LogP contribution < -0.4 is 0 Å². The Morgan fingerprint density at radius 2 is 1.77 bits per heavy atom. The Morgan fingerprint density at radius 1 is 1.05 bits per heavy atom. The molecule has 114 valence electrons. The van der Waals surface area contributed by atoms with E-state index in [9.17, 15) is 0 Å². The third kappa shape index (κ3) is 3.09. The monoisotopic (exact) mass is 310 g/mol. The molecule has 0 saturated heterocycles. The van der Waals surface area contributed by atoms with E-state index in [-0.39, 0.29) is 0 Å². The minimum Gasteiger partial charge on any atom is -0.254 e. The third-order valence-corrected chi connectivity index (χ3v) is 5.54. The second-order valence-electron chi connectivity index (χ2n) is 6.55. The molecule has 3 rings (SSSR count). The van der Waals surface area contributed by atoms with E-state index in [4.69, 9.17) is 0 Å². The van der Waals surface area contributed by atoms with Crippen molar-refractivity contribution in [1.29, 1.82) is 0 Å². The third-order valence-electron chi connectivity index (χ3n) is 3.97. The van der Waals surface area contributed by atoms with Gasteiger partial charge in [0.2, 0.25) is 0 Å². The zero-order chi connectivity index (χ0) is 15.6. The molecular formula is C19H22N2S. The van der Waals surface area contributed by atoms with Gasteiger partial charge in [-0.3, -0.25) is 9.97 Å². The van der Waals surface area contributed by atoms with Crippen molar-refractivity contribution in [3.05, 3.63) is 42.7 Å². The number of nitrogens with zero attached hydrogens (tertiary/aromatic N) is 2. The lowest BCUT2D eigenvalue weighted by Gasteiger charge is -2.23. The maximum absolute atomic E-state index is 4.57. The highest BCUT2D eigenvalue weighted by atomic mass is 32.2. The van der Waals surface area contributed by atoms with E-state index in [0.717, 1.165) is 16.8 Å². The summed E-state index contributed by atoms with van der Waals surface area (Å²) in [5.74, 6) is 1.12. The fraction of sp³-hybridized carbons (Fsp3) is 0.368. The SMILES string of the molecule is CCCC(C)(C)CSc1cc2cccnc2c2ncccc12. The minimum absolute atomic E-state index is 0.359. The second-order valence-corrected chi connectivity index (χ2v) is 7.57. The van der Waals surface area contributed by atoms with Crippen LogP contribution in [0, 0.1) is 5.41 Å². The number of fused-ring (bicyclic) bond motifs is 3. The van der Waals surface area contributed by atoms with Gasteiger partial charge >= 0.3 is 0 Å². The molecule has 0 aliphatic heterocycles. The summed E-state index contributed by atoms with van der Waals surface area (Å²) in [6.45, 7) is 6.96. The normalized spacial score (nSPS) is 12.1. The minimum atomic E-state index is 0.359. The smallest absolute Gasteiger partial charge is 0.0975 e. The number of hydrogen-bond donors (Lipinski definition) is 0. The van der Waals surface area contributed by atoms with Crippen molar-refractivity contribution >= 4 is 33.6 Å². The maximum atomic E-state index is 4.57. The molecule has 0 aliphatic rings. The van der Waals surface area contributed by atoms with Gasteiger partial charge in [-0.15, -0.1) is 11.8 Å². The molecule has 0 fully saturated rings. The van der Waals surface area contributed by atoms with Gasteiger partial charge in [0.15, 0.2) is 0 Å². The van der Waals surface area contributed by atoms with Crippen molar-refractivity contribution in [1.82, 2.24) is 9.97 Å². The lowest BCUT2D eigenvalue weighted by atomic mass is 9.91. The zero-order valence-electron chi connectivity index (χ0n) is 13.5. The molecule has 1 aromatic carbocycles. The van der Waals surface area contributed by atoms with Crippen LogP contribution in [0.1, 0.15) is 33.6 Å². The highest BCUT2D eigenvalue weighted by Crippen LogP contribution is 2.36. The number of thioether (sulfide) groups is 1. The standard InChI is InChI=1S/C19H22N2S/c1-4-9-19(2,3)13-22-16-12-14-7-5-10-20-17(14)18-15(16)8-6-11-21-18/h5-8,10-12H,4,9,13H2,1-3H3. The number of benzene rings is 1. The van der Waals surface area contributed by atoms with E-state index in [1.54, 1.807) is 0 Å². The number of rotatable bonds is 5. The summed E-state index contributed by atoms with van der Waals surface area (Å²) in [4.78, 5) is 10.4. The van der Waals surface area contributed by atoms with Gasteiger partial charge in [-0.1, -0.05) is 39.3 Å². The largest absolute Gasteiger partial charge is 0.254 e. The fourth-order valence-electron chi connectivity index (χ4n) is 2.89. The molecule has 0 spiro atoms. The Balaban J connectivity index is 2.04. The molecule has 0 N–H and O–H groups in total. The van der Waals surface area contributed by atoms with Gasteiger partial charge in [0.1, 0.15) is 0 Å². The van der Waals surface area contributed by atoms with Gasteiger partial charge in [-0.2, -0.15) is 0 Å². The van der Waals surface area contributed by atoms with Crippen LogP contribution in [0.25, 0.3) is 21.8 Å². The van der Waals surface area contributed by atoms with Crippen LogP contribution in [0.15, 0.2) is 47.6 Å². The summed E-state index contributed by atoms with van der Waals surface area (Å²) in [5, 5.41) is 2.38. The lowest BCUT2D eigenvalue weighted by Crippen LogP contribution is -2.13. The van der Waals surface area contributed by atoms with Crippen LogP contribution >= 0.6 is 11.8 Å². The average Bonchev–Trinajstić information content (AvgIpc) is 2.53. The molecule has 0 aliphatic carbocycles. The molecule has 2 nitrogen and oxygen atoms in total. The first-order chi connectivity index (χ1) is 10.6. The number of aromatic nitrogens is 2. The molecule has 0 bridgehead atoms. The molecule has 22 heavy (non-hydrogen) atoms. The fourth-order valence-corrected chi connectivity index (χ4v) is 4.11. The van der Waals surface area contributed by atoms with Crippen molar-refractivity contribution in [2.45, 2.75) is 38.5 Å². The molecule has 3 heteroatoms. The topological polar surface area (TPSA) is 25.8 Å². The Kier molecular flexibility index (Phi) is 4.34. The van der Waals surface area contributed by atoms with E-state index in [1.165, 1.54) is 28.5 Å². The Bertz CT molecular complexity index is 796. The van der Waals surface area contributed by atoms with E-state index >= 15 is 0 Å². The van der Waals surface area contributed by atoms with Gasteiger partial charge < -0.3 is 0 Å². The summed E-state index contributed by atoms with van der Waals surface area (Å²) in [6, 6.07) is 10.5. The maximum Gasteiger partial charge on any atom is 0.0975 e. The van der Waals surface area contributed by atoms with Gasteiger partial charge in [-0.25, -0.2) is 0 Å². The van der Waals surface area contributed by atoms with E-state index < -0.39 is 0 Å². The second kappa shape index (κ2) is 6.25. The predicted octanol–water partition coefficient (Wildman–Crippen LogP) is 5.70. The summed E-state index contributed by atoms with van der Waals surface area (Å²) in [6.07, 6.45) is 6.18. The molecule has 2 aromatic heterocycles. The van der Waals surface area contributed by atoms with Crippen molar-refractivity contribution < 1.29 is 0 Å². The van der Waals surface area contributed by atoms with E-state index in [2.05, 4.69) is 48.9 Å². The average molecular weight is 310 g/mol. The predicted molar refractivity (Wildman–Crippen MR) is 96.5 cm³/mol. The van der Waals surface area contributed by atoms with Crippen molar-refractivity contribution in [3.8, 4) is 0 Å². The quantitative estimate of drug-likeness (QED) is 0.446. The lowest BCUT2D eigenvalue weighted by molar-refractivity contribution is 0.382. The summed E-state index contributed by atoms with van der Waals surface area (Å²) < 4.78 is 0. The number of hydrogen-bond acceptors (Lipinski definition) is 3. The van der Waals surface area contributed by atoms with Gasteiger partial charge in [-0.05, 0) is 30.0 Å². The summed E-state index contributed by atoms with van der Waals surface area (Å²) in [5.41, 5.74) is 2.37.